The van der Waals surface area contributed by atoms with Gasteiger partial charge >= 0.3 is 5.97 Å². The zero-order valence-corrected chi connectivity index (χ0v) is 12.1. The number of oxazole rings is 1. The third-order valence-corrected chi connectivity index (χ3v) is 3.00. The number of carboxylic acid groups (broad SMARTS) is 1. The minimum atomic E-state index is -0.969. The summed E-state index contributed by atoms with van der Waals surface area (Å²) in [6.45, 7) is 3.72. The second-order valence-corrected chi connectivity index (χ2v) is 5.12. The van der Waals surface area contributed by atoms with Gasteiger partial charge in [-0.1, -0.05) is 15.9 Å². The Morgan fingerprint density at radius 1 is 1.47 bits per heavy atom. The lowest BCUT2D eigenvalue weighted by Crippen LogP contribution is -2.08. The summed E-state index contributed by atoms with van der Waals surface area (Å²) < 4.78 is 6.12. The van der Waals surface area contributed by atoms with Gasteiger partial charge in [-0.2, -0.15) is 0 Å². The first-order valence-electron chi connectivity index (χ1n) is 5.68. The van der Waals surface area contributed by atoms with Crippen LogP contribution in [0.1, 0.15) is 35.0 Å². The lowest BCUT2D eigenvalue weighted by atomic mass is 10.2. The molecule has 0 fully saturated rings. The van der Waals surface area contributed by atoms with Gasteiger partial charge in [0.2, 0.25) is 5.89 Å². The molecule has 0 aliphatic heterocycles. The van der Waals surface area contributed by atoms with Crippen molar-refractivity contribution in [2.75, 3.05) is 5.32 Å². The van der Waals surface area contributed by atoms with Gasteiger partial charge < -0.3 is 14.8 Å². The average molecular weight is 325 g/mol. The Balaban J connectivity index is 2.21. The summed E-state index contributed by atoms with van der Waals surface area (Å²) in [5.41, 5.74) is 0.905. The van der Waals surface area contributed by atoms with Crippen LogP contribution in [-0.2, 0) is 0 Å². The molecule has 0 aliphatic rings. The molecule has 2 aromatic rings. The Morgan fingerprint density at radius 3 is 2.79 bits per heavy atom. The number of aryl methyl sites for hydroxylation is 1. The van der Waals surface area contributed by atoms with Crippen molar-refractivity contribution in [2.45, 2.75) is 19.9 Å². The molecule has 0 spiro atoms. The third kappa shape index (κ3) is 3.35. The molecule has 1 aromatic carbocycles. The minimum Gasteiger partial charge on any atom is -0.478 e. The molecule has 1 unspecified atom stereocenters. The van der Waals surface area contributed by atoms with E-state index in [0.29, 0.717) is 16.1 Å². The third-order valence-electron chi connectivity index (χ3n) is 2.54. The lowest BCUT2D eigenvalue weighted by Gasteiger charge is -2.13. The maximum atomic E-state index is 11.0. The van der Waals surface area contributed by atoms with Crippen molar-refractivity contribution in [3.05, 3.63) is 46.1 Å². The van der Waals surface area contributed by atoms with Crippen LogP contribution in [0.3, 0.4) is 0 Å². The van der Waals surface area contributed by atoms with E-state index >= 15 is 0 Å². The number of carbonyl (C=O) groups is 1. The zero-order valence-electron chi connectivity index (χ0n) is 10.5. The number of nitrogens with zero attached hydrogens (tertiary/aromatic N) is 1. The quantitative estimate of drug-likeness (QED) is 0.898. The van der Waals surface area contributed by atoms with Gasteiger partial charge in [0, 0.05) is 10.2 Å². The summed E-state index contributed by atoms with van der Waals surface area (Å²) in [6, 6.07) is 4.77. The van der Waals surface area contributed by atoms with Crippen molar-refractivity contribution in [1.82, 2.24) is 4.98 Å². The average Bonchev–Trinajstić information content (AvgIpc) is 2.75. The Hall–Kier alpha value is -1.82. The first kappa shape index (κ1) is 13.6. The molecular formula is C13H13BrN2O3. The van der Waals surface area contributed by atoms with Gasteiger partial charge in [0.1, 0.15) is 11.8 Å². The van der Waals surface area contributed by atoms with Crippen LogP contribution >= 0.6 is 15.9 Å². The van der Waals surface area contributed by atoms with Crippen LogP contribution in [0.25, 0.3) is 0 Å². The molecule has 2 N–H and O–H groups in total. The van der Waals surface area contributed by atoms with Crippen LogP contribution in [-0.4, -0.2) is 16.1 Å². The predicted octanol–water partition coefficient (Wildman–Crippen LogP) is 3.62. The molecule has 19 heavy (non-hydrogen) atoms. The van der Waals surface area contributed by atoms with E-state index in [0.717, 1.165) is 5.76 Å². The fourth-order valence-corrected chi connectivity index (χ4v) is 2.17. The molecule has 0 saturated carbocycles. The highest BCUT2D eigenvalue weighted by Gasteiger charge is 2.13. The Bertz CT molecular complexity index is 610. The molecule has 1 aromatic heterocycles. The number of benzene rings is 1. The second kappa shape index (κ2) is 5.44. The van der Waals surface area contributed by atoms with Crippen LogP contribution in [0, 0.1) is 6.92 Å². The highest BCUT2D eigenvalue weighted by molar-refractivity contribution is 9.10. The summed E-state index contributed by atoms with van der Waals surface area (Å²) in [7, 11) is 0. The number of rotatable bonds is 4. The number of halogens is 1. The van der Waals surface area contributed by atoms with Crippen molar-refractivity contribution in [1.29, 1.82) is 0 Å². The molecular weight excluding hydrogens is 312 g/mol. The van der Waals surface area contributed by atoms with E-state index in [2.05, 4.69) is 26.2 Å². The molecule has 1 heterocycles. The Kier molecular flexibility index (Phi) is 3.90. The summed E-state index contributed by atoms with van der Waals surface area (Å²) in [6.07, 6.45) is 1.65. The fourth-order valence-electron chi connectivity index (χ4n) is 1.68. The molecule has 2 rings (SSSR count). The molecule has 100 valence electrons. The van der Waals surface area contributed by atoms with E-state index in [4.69, 9.17) is 9.52 Å². The van der Waals surface area contributed by atoms with E-state index in [1.807, 2.05) is 13.8 Å². The first-order chi connectivity index (χ1) is 8.95. The van der Waals surface area contributed by atoms with Crippen molar-refractivity contribution in [2.24, 2.45) is 0 Å². The number of aromatic carboxylic acids is 1. The molecule has 1 atom stereocenters. The Morgan fingerprint density at radius 2 is 2.21 bits per heavy atom. The summed E-state index contributed by atoms with van der Waals surface area (Å²) >= 11 is 3.29. The largest absolute Gasteiger partial charge is 0.478 e. The number of hydrogen-bond acceptors (Lipinski definition) is 4. The van der Waals surface area contributed by atoms with Crippen molar-refractivity contribution < 1.29 is 14.3 Å². The second-order valence-electron chi connectivity index (χ2n) is 4.21. The summed E-state index contributed by atoms with van der Waals surface area (Å²) in [4.78, 5) is 15.1. The summed E-state index contributed by atoms with van der Waals surface area (Å²) in [5.74, 6) is 0.336. The molecule has 0 saturated heterocycles. The maximum Gasteiger partial charge on any atom is 0.335 e. The van der Waals surface area contributed by atoms with Crippen molar-refractivity contribution in [3.63, 3.8) is 0 Å². The van der Waals surface area contributed by atoms with Gasteiger partial charge in [-0.25, -0.2) is 9.78 Å². The van der Waals surface area contributed by atoms with Crippen molar-refractivity contribution in [3.8, 4) is 0 Å². The highest BCUT2D eigenvalue weighted by atomic mass is 79.9. The van der Waals surface area contributed by atoms with Gasteiger partial charge in [0.15, 0.2) is 0 Å². The number of anilines is 1. The van der Waals surface area contributed by atoms with Gasteiger partial charge in [0.05, 0.1) is 11.8 Å². The van der Waals surface area contributed by atoms with Crippen LogP contribution in [0.15, 0.2) is 33.3 Å². The minimum absolute atomic E-state index is 0.148. The van der Waals surface area contributed by atoms with E-state index in [-0.39, 0.29) is 11.6 Å². The fraction of sp³-hybridized carbons (Fsp3) is 0.231. The van der Waals surface area contributed by atoms with Crippen LogP contribution in [0.4, 0.5) is 5.69 Å². The van der Waals surface area contributed by atoms with E-state index in [9.17, 15) is 4.79 Å². The number of hydrogen-bond donors (Lipinski definition) is 2. The number of nitrogens with one attached hydrogen (secondary N) is 1. The van der Waals surface area contributed by atoms with Gasteiger partial charge in [-0.15, -0.1) is 0 Å². The molecule has 0 amide bonds. The van der Waals surface area contributed by atoms with E-state index in [1.54, 1.807) is 24.4 Å². The molecule has 6 heteroatoms. The lowest BCUT2D eigenvalue weighted by molar-refractivity contribution is 0.0697. The number of carboxylic acids is 1. The first-order valence-corrected chi connectivity index (χ1v) is 6.48. The maximum absolute atomic E-state index is 11.0. The monoisotopic (exact) mass is 324 g/mol. The zero-order chi connectivity index (χ0) is 14.0. The van der Waals surface area contributed by atoms with E-state index in [1.165, 1.54) is 0 Å². The SMILES string of the molecule is Cc1cnc(C(C)Nc2cc(Br)cc(C(=O)O)c2)o1. The predicted molar refractivity (Wildman–Crippen MR) is 74.4 cm³/mol. The van der Waals surface area contributed by atoms with Gasteiger partial charge in [0.25, 0.3) is 0 Å². The normalized spacial score (nSPS) is 12.2. The van der Waals surface area contributed by atoms with Crippen LogP contribution in [0.2, 0.25) is 0 Å². The molecule has 0 radical (unpaired) electrons. The molecule has 0 aliphatic carbocycles. The van der Waals surface area contributed by atoms with Crippen LogP contribution in [0.5, 0.6) is 0 Å². The highest BCUT2D eigenvalue weighted by Crippen LogP contribution is 2.24. The van der Waals surface area contributed by atoms with Crippen LogP contribution < -0.4 is 5.32 Å². The summed E-state index contributed by atoms with van der Waals surface area (Å²) in [5, 5.41) is 12.2. The number of aromatic nitrogens is 1. The van der Waals surface area contributed by atoms with Gasteiger partial charge in [-0.3, -0.25) is 0 Å². The Labute approximate surface area is 118 Å². The molecule has 0 bridgehead atoms. The van der Waals surface area contributed by atoms with Crippen molar-refractivity contribution >= 4 is 27.6 Å². The van der Waals surface area contributed by atoms with E-state index < -0.39 is 5.97 Å². The standard InChI is InChI=1S/C13H13BrN2O3/c1-7-6-15-12(19-7)8(2)16-11-4-9(13(17)18)3-10(14)5-11/h3-6,8,16H,1-2H3,(H,17,18). The smallest absolute Gasteiger partial charge is 0.335 e. The van der Waals surface area contributed by atoms with Gasteiger partial charge in [-0.05, 0) is 32.0 Å². The molecule has 5 nitrogen and oxygen atoms in total. The topological polar surface area (TPSA) is 75.4 Å².